The number of halogens is 1. The highest BCUT2D eigenvalue weighted by molar-refractivity contribution is 14.1. The number of hydrogen-bond acceptors (Lipinski definition) is 6. The number of carbonyl (C=O) groups excluding carboxylic acids is 1. The molecule has 2 aliphatic rings. The Morgan fingerprint density at radius 1 is 1.31 bits per heavy atom. The second-order valence-corrected chi connectivity index (χ2v) is 10.6. The van der Waals surface area contributed by atoms with Crippen LogP contribution in [0.2, 0.25) is 0 Å². The number of ether oxygens (including phenoxy) is 1. The van der Waals surface area contributed by atoms with Gasteiger partial charge in [-0.2, -0.15) is 0 Å². The van der Waals surface area contributed by atoms with Gasteiger partial charge in [-0.25, -0.2) is 13.1 Å². The lowest BCUT2D eigenvalue weighted by Crippen LogP contribution is -2.50. The Bertz CT molecular complexity index is 893. The Hall–Kier alpha value is -1.31. The lowest BCUT2D eigenvalue weighted by atomic mass is 9.73. The van der Waals surface area contributed by atoms with Crippen LogP contribution in [0.5, 0.6) is 0 Å². The molecular formula is C18H24IN3O6S. The van der Waals surface area contributed by atoms with Crippen LogP contribution in [0, 0.1) is 19.1 Å². The zero-order valence-electron chi connectivity index (χ0n) is 16.1. The molecule has 2 fully saturated rings. The minimum Gasteiger partial charge on any atom is -0.378 e. The molecule has 9 nitrogen and oxygen atoms in total. The molecule has 0 unspecified atom stereocenters. The fraction of sp³-hybridized carbons (Fsp3) is 0.611. The smallest absolute Gasteiger partial charge is 0.284 e. The van der Waals surface area contributed by atoms with E-state index in [4.69, 9.17) is 4.74 Å². The summed E-state index contributed by atoms with van der Waals surface area (Å²) in [7, 11) is -3.88. The molecule has 0 aromatic heterocycles. The Kier molecular flexibility index (Phi) is 6.81. The molecule has 1 heterocycles. The van der Waals surface area contributed by atoms with Crippen molar-refractivity contribution in [2.24, 2.45) is 5.41 Å². The van der Waals surface area contributed by atoms with E-state index in [1.807, 2.05) is 11.8 Å². The summed E-state index contributed by atoms with van der Waals surface area (Å²) in [6.07, 6.45) is 2.25. The van der Waals surface area contributed by atoms with Gasteiger partial charge in [-0.15, -0.1) is 0 Å². The van der Waals surface area contributed by atoms with Gasteiger partial charge in [0.1, 0.15) is 0 Å². The molecule has 0 atom stereocenters. The molecule has 11 heteroatoms. The zero-order chi connectivity index (χ0) is 21.2. The molecule has 3 rings (SSSR count). The van der Waals surface area contributed by atoms with Crippen molar-refractivity contribution in [1.82, 2.24) is 9.62 Å². The summed E-state index contributed by atoms with van der Waals surface area (Å²) in [5.41, 5.74) is -0.734. The number of amides is 1. The molecule has 0 radical (unpaired) electrons. The van der Waals surface area contributed by atoms with E-state index in [0.29, 0.717) is 55.6 Å². The maximum Gasteiger partial charge on any atom is 0.284 e. The van der Waals surface area contributed by atoms with Gasteiger partial charge in [0.15, 0.2) is 0 Å². The lowest BCUT2D eigenvalue weighted by molar-refractivity contribution is -0.386. The molecule has 1 N–H and O–H groups in total. The van der Waals surface area contributed by atoms with E-state index >= 15 is 0 Å². The first-order valence-electron chi connectivity index (χ1n) is 9.46. The number of sulfonamides is 1. The standard InChI is InChI=1S/C18H24IN3O6S/c1-18(17(23)21-8-10-28-11-9-21)6-4-13(5-7-18)20-29(26,27)14-2-3-15(19)16(12-14)22(24)25/h2-3,12-13,20H,4-11H2,1H3. The van der Waals surface area contributed by atoms with E-state index in [9.17, 15) is 23.3 Å². The quantitative estimate of drug-likeness (QED) is 0.350. The number of nitrogens with zero attached hydrogens (tertiary/aromatic N) is 2. The van der Waals surface area contributed by atoms with Gasteiger partial charge in [-0.1, -0.05) is 6.92 Å². The lowest BCUT2D eigenvalue weighted by Gasteiger charge is -2.40. The van der Waals surface area contributed by atoms with Crippen LogP contribution in [0.4, 0.5) is 5.69 Å². The number of nitro benzene ring substituents is 1. The first-order chi connectivity index (χ1) is 13.6. The third-order valence-electron chi connectivity index (χ3n) is 5.65. The van der Waals surface area contributed by atoms with Crippen LogP contribution in [-0.4, -0.2) is 56.5 Å². The highest BCUT2D eigenvalue weighted by atomic mass is 127. The van der Waals surface area contributed by atoms with Gasteiger partial charge in [0.2, 0.25) is 15.9 Å². The zero-order valence-corrected chi connectivity index (χ0v) is 19.1. The van der Waals surface area contributed by atoms with Crippen molar-refractivity contribution in [2.45, 2.75) is 43.5 Å². The summed E-state index contributed by atoms with van der Waals surface area (Å²) in [6.45, 7) is 4.23. The second kappa shape index (κ2) is 8.82. The molecular weight excluding hydrogens is 513 g/mol. The van der Waals surface area contributed by atoms with Crippen molar-refractivity contribution < 1.29 is 22.9 Å². The van der Waals surface area contributed by atoms with Crippen LogP contribution in [0.15, 0.2) is 23.1 Å². The number of nitrogens with one attached hydrogen (secondary N) is 1. The molecule has 1 aromatic rings. The molecule has 1 amide bonds. The summed E-state index contributed by atoms with van der Waals surface area (Å²) in [5, 5.41) is 11.1. The maximum absolute atomic E-state index is 12.9. The second-order valence-electron chi connectivity index (χ2n) is 7.73. The predicted molar refractivity (Wildman–Crippen MR) is 114 cm³/mol. The van der Waals surface area contributed by atoms with Gasteiger partial charge in [-0.3, -0.25) is 14.9 Å². The minimum absolute atomic E-state index is 0.107. The van der Waals surface area contributed by atoms with Gasteiger partial charge in [-0.05, 0) is 60.4 Å². The van der Waals surface area contributed by atoms with Crippen LogP contribution in [0.25, 0.3) is 0 Å². The topological polar surface area (TPSA) is 119 Å². The monoisotopic (exact) mass is 537 g/mol. The van der Waals surface area contributed by atoms with Gasteiger partial charge in [0.25, 0.3) is 5.69 Å². The Morgan fingerprint density at radius 3 is 2.52 bits per heavy atom. The third-order valence-corrected chi connectivity index (χ3v) is 8.08. The van der Waals surface area contributed by atoms with Crippen LogP contribution in [0.3, 0.4) is 0 Å². The van der Waals surface area contributed by atoms with Crippen LogP contribution >= 0.6 is 22.6 Å². The Morgan fingerprint density at radius 2 is 1.93 bits per heavy atom. The molecule has 1 saturated carbocycles. The van der Waals surface area contributed by atoms with Gasteiger partial charge < -0.3 is 9.64 Å². The molecule has 1 saturated heterocycles. The first kappa shape index (κ1) is 22.4. The number of nitro groups is 1. The van der Waals surface area contributed by atoms with Crippen molar-refractivity contribution >= 4 is 44.2 Å². The van der Waals surface area contributed by atoms with Crippen LogP contribution < -0.4 is 4.72 Å². The summed E-state index contributed by atoms with van der Waals surface area (Å²) in [5.74, 6) is 0.107. The van der Waals surface area contributed by atoms with Gasteiger partial charge in [0.05, 0.1) is 26.6 Å². The van der Waals surface area contributed by atoms with Crippen molar-refractivity contribution in [3.05, 3.63) is 31.9 Å². The molecule has 160 valence electrons. The molecule has 0 bridgehead atoms. The number of carbonyl (C=O) groups is 1. The summed E-state index contributed by atoms with van der Waals surface area (Å²) in [4.78, 5) is 25.1. The predicted octanol–water partition coefficient (Wildman–Crippen LogP) is 2.29. The van der Waals surface area contributed by atoms with Crippen LogP contribution in [0.1, 0.15) is 32.6 Å². The Balaban J connectivity index is 1.64. The van der Waals surface area contributed by atoms with Crippen LogP contribution in [-0.2, 0) is 19.6 Å². The number of rotatable bonds is 5. The van der Waals surface area contributed by atoms with E-state index < -0.39 is 20.4 Å². The SMILES string of the molecule is CC1(C(=O)N2CCOCC2)CCC(NS(=O)(=O)c2ccc(I)c([N+](=O)[O-])c2)CC1. The first-order valence-corrected chi connectivity index (χ1v) is 12.0. The number of morpholine rings is 1. The third kappa shape index (κ3) is 5.06. The minimum atomic E-state index is -3.88. The average Bonchev–Trinajstić information content (AvgIpc) is 2.69. The molecule has 1 aliphatic heterocycles. The van der Waals surface area contributed by atoms with Crippen molar-refractivity contribution in [3.8, 4) is 0 Å². The van der Waals surface area contributed by atoms with E-state index in [1.54, 1.807) is 22.6 Å². The fourth-order valence-electron chi connectivity index (χ4n) is 3.82. The summed E-state index contributed by atoms with van der Waals surface area (Å²) >= 11 is 1.80. The van der Waals surface area contributed by atoms with E-state index in [2.05, 4.69) is 4.72 Å². The van der Waals surface area contributed by atoms with E-state index in [0.717, 1.165) is 6.07 Å². The summed E-state index contributed by atoms with van der Waals surface area (Å²) in [6, 6.07) is 3.57. The van der Waals surface area contributed by atoms with E-state index in [-0.39, 0.29) is 22.5 Å². The largest absolute Gasteiger partial charge is 0.378 e. The van der Waals surface area contributed by atoms with Crippen molar-refractivity contribution in [3.63, 3.8) is 0 Å². The highest BCUT2D eigenvalue weighted by Crippen LogP contribution is 2.38. The number of hydrogen-bond donors (Lipinski definition) is 1. The van der Waals surface area contributed by atoms with Crippen molar-refractivity contribution in [2.75, 3.05) is 26.3 Å². The molecule has 1 aromatic carbocycles. The highest BCUT2D eigenvalue weighted by Gasteiger charge is 2.41. The van der Waals surface area contributed by atoms with Crippen molar-refractivity contribution in [1.29, 1.82) is 0 Å². The van der Waals surface area contributed by atoms with Gasteiger partial charge >= 0.3 is 0 Å². The molecule has 29 heavy (non-hydrogen) atoms. The molecule has 1 aliphatic carbocycles. The Labute approximate surface area is 183 Å². The summed E-state index contributed by atoms with van der Waals surface area (Å²) < 4.78 is 33.7. The van der Waals surface area contributed by atoms with E-state index in [1.165, 1.54) is 12.1 Å². The average molecular weight is 537 g/mol. The number of benzene rings is 1. The fourth-order valence-corrected chi connectivity index (χ4v) is 5.68. The normalized spacial score (nSPS) is 25.6. The maximum atomic E-state index is 12.9. The molecule has 0 spiro atoms. The van der Waals surface area contributed by atoms with Gasteiger partial charge in [0, 0.05) is 30.6 Å².